The fourth-order valence-electron chi connectivity index (χ4n) is 2.51. The summed E-state index contributed by atoms with van der Waals surface area (Å²) in [5.41, 5.74) is 9.03. The first-order valence-electron chi connectivity index (χ1n) is 6.68. The van der Waals surface area contributed by atoms with Crippen LogP contribution in [0.15, 0.2) is 36.5 Å². The first-order valence-corrected chi connectivity index (χ1v) is 7.09. The third kappa shape index (κ3) is 2.63. The normalized spacial score (nSPS) is 14.5. The van der Waals surface area contributed by atoms with E-state index < -0.39 is 0 Å². The van der Waals surface area contributed by atoms with Gasteiger partial charge in [-0.1, -0.05) is 36.5 Å². The van der Waals surface area contributed by atoms with Crippen molar-refractivity contribution in [3.63, 3.8) is 0 Å². The lowest BCUT2D eigenvalue weighted by molar-refractivity contribution is 0.740. The minimum Gasteiger partial charge on any atom is -0.388 e. The highest BCUT2D eigenvalue weighted by Crippen LogP contribution is 2.21. The van der Waals surface area contributed by atoms with E-state index in [0.29, 0.717) is 16.6 Å². The molecule has 20 heavy (non-hydrogen) atoms. The summed E-state index contributed by atoms with van der Waals surface area (Å²) in [7, 11) is 0. The van der Waals surface area contributed by atoms with Gasteiger partial charge in [-0.2, -0.15) is 0 Å². The van der Waals surface area contributed by atoms with E-state index in [0.717, 1.165) is 25.9 Å². The largest absolute Gasteiger partial charge is 0.388 e. The van der Waals surface area contributed by atoms with Gasteiger partial charge in [-0.3, -0.25) is 0 Å². The van der Waals surface area contributed by atoms with E-state index in [4.69, 9.17) is 18.0 Å². The Bertz CT molecular complexity index is 641. The third-order valence-electron chi connectivity index (χ3n) is 3.53. The molecule has 0 fully saturated rings. The molecule has 1 aliphatic rings. The summed E-state index contributed by atoms with van der Waals surface area (Å²) in [5.74, 6) is 0.701. The quantitative estimate of drug-likeness (QED) is 0.856. The number of fused-ring (bicyclic) bond motifs is 1. The van der Waals surface area contributed by atoms with Crippen molar-refractivity contribution in [1.82, 2.24) is 9.97 Å². The lowest BCUT2D eigenvalue weighted by atomic mass is 10.0. The lowest BCUT2D eigenvalue weighted by Gasteiger charge is -2.21. The molecule has 5 heteroatoms. The van der Waals surface area contributed by atoms with Gasteiger partial charge in [0.05, 0.1) is 0 Å². The Labute approximate surface area is 123 Å². The molecule has 0 aliphatic carbocycles. The van der Waals surface area contributed by atoms with Gasteiger partial charge >= 0.3 is 0 Å². The van der Waals surface area contributed by atoms with Crippen LogP contribution in [0.2, 0.25) is 0 Å². The second kappa shape index (κ2) is 5.54. The molecule has 4 nitrogen and oxygen atoms in total. The molecule has 0 saturated carbocycles. The molecular formula is C15H16N4S. The fraction of sp³-hybridized carbons (Fsp3) is 0.267. The predicted octanol–water partition coefficient (Wildman–Crippen LogP) is 2.06. The highest BCUT2D eigenvalue weighted by Gasteiger charge is 2.16. The molecule has 0 bridgehead atoms. The summed E-state index contributed by atoms with van der Waals surface area (Å²) in [6.07, 6.45) is 3.91. The SMILES string of the molecule is NC(=S)c1ccnc(N2CCCc3ccccc3C2)n1. The zero-order chi connectivity index (χ0) is 13.9. The molecule has 0 saturated heterocycles. The predicted molar refractivity (Wildman–Crippen MR) is 83.7 cm³/mol. The van der Waals surface area contributed by atoms with Crippen molar-refractivity contribution >= 4 is 23.2 Å². The van der Waals surface area contributed by atoms with Gasteiger partial charge in [-0.25, -0.2) is 9.97 Å². The topological polar surface area (TPSA) is 55.0 Å². The molecule has 2 heterocycles. The van der Waals surface area contributed by atoms with Crippen molar-refractivity contribution < 1.29 is 0 Å². The van der Waals surface area contributed by atoms with E-state index in [1.54, 1.807) is 12.3 Å². The summed E-state index contributed by atoms with van der Waals surface area (Å²) in [6, 6.07) is 10.3. The summed E-state index contributed by atoms with van der Waals surface area (Å²) in [5, 5.41) is 0. The van der Waals surface area contributed by atoms with E-state index in [-0.39, 0.29) is 0 Å². The molecular weight excluding hydrogens is 268 g/mol. The molecule has 1 aromatic carbocycles. The van der Waals surface area contributed by atoms with Crippen LogP contribution < -0.4 is 10.6 Å². The van der Waals surface area contributed by atoms with Gasteiger partial charge < -0.3 is 10.6 Å². The summed E-state index contributed by atoms with van der Waals surface area (Å²) >= 11 is 4.98. The van der Waals surface area contributed by atoms with E-state index in [2.05, 4.69) is 39.1 Å². The van der Waals surface area contributed by atoms with Crippen LogP contribution in [0, 0.1) is 0 Å². The van der Waals surface area contributed by atoms with E-state index in [9.17, 15) is 0 Å². The van der Waals surface area contributed by atoms with Crippen molar-refractivity contribution in [2.75, 3.05) is 11.4 Å². The molecule has 0 amide bonds. The molecule has 1 aliphatic heterocycles. The minimum absolute atomic E-state index is 0.309. The second-order valence-electron chi connectivity index (χ2n) is 4.90. The number of thiocarbonyl (C=S) groups is 1. The van der Waals surface area contributed by atoms with Crippen LogP contribution in [0.4, 0.5) is 5.95 Å². The van der Waals surface area contributed by atoms with Gasteiger partial charge in [0.15, 0.2) is 0 Å². The van der Waals surface area contributed by atoms with Crippen LogP contribution in [0.5, 0.6) is 0 Å². The van der Waals surface area contributed by atoms with E-state index >= 15 is 0 Å². The number of nitrogens with zero attached hydrogens (tertiary/aromatic N) is 3. The van der Waals surface area contributed by atoms with E-state index in [1.807, 2.05) is 0 Å². The summed E-state index contributed by atoms with van der Waals surface area (Å²) in [4.78, 5) is 11.3. The lowest BCUT2D eigenvalue weighted by Crippen LogP contribution is -2.25. The van der Waals surface area contributed by atoms with Gasteiger partial charge in [-0.15, -0.1) is 0 Å². The number of aryl methyl sites for hydroxylation is 1. The van der Waals surface area contributed by atoms with Crippen LogP contribution in [0.25, 0.3) is 0 Å². The van der Waals surface area contributed by atoms with E-state index in [1.165, 1.54) is 11.1 Å². The first-order chi connectivity index (χ1) is 9.74. The van der Waals surface area contributed by atoms with Gasteiger partial charge in [0.1, 0.15) is 10.7 Å². The maximum absolute atomic E-state index is 5.64. The number of rotatable bonds is 2. The van der Waals surface area contributed by atoms with Gasteiger partial charge in [-0.05, 0) is 30.0 Å². The highest BCUT2D eigenvalue weighted by molar-refractivity contribution is 7.80. The van der Waals surface area contributed by atoms with Crippen LogP contribution >= 0.6 is 12.2 Å². The number of benzene rings is 1. The Balaban J connectivity index is 1.91. The standard InChI is InChI=1S/C15H16N4S/c16-14(20)13-7-8-17-15(18-13)19-9-3-6-11-4-1-2-5-12(11)10-19/h1-2,4-5,7-8H,3,6,9-10H2,(H2,16,20). The Morgan fingerprint density at radius 2 is 2.00 bits per heavy atom. The van der Waals surface area contributed by atoms with Crippen LogP contribution in [0.1, 0.15) is 23.2 Å². The molecule has 1 aromatic heterocycles. The Kier molecular flexibility index (Phi) is 3.60. The second-order valence-corrected chi connectivity index (χ2v) is 5.34. The van der Waals surface area contributed by atoms with Crippen LogP contribution in [-0.2, 0) is 13.0 Å². The van der Waals surface area contributed by atoms with Crippen molar-refractivity contribution in [1.29, 1.82) is 0 Å². The zero-order valence-corrected chi connectivity index (χ0v) is 11.9. The average Bonchev–Trinajstić information content (AvgIpc) is 2.69. The summed E-state index contributed by atoms with van der Waals surface area (Å²) in [6.45, 7) is 1.77. The van der Waals surface area contributed by atoms with Gasteiger partial charge in [0.2, 0.25) is 5.95 Å². The van der Waals surface area contributed by atoms with Crippen LogP contribution in [-0.4, -0.2) is 21.5 Å². The Morgan fingerprint density at radius 1 is 1.20 bits per heavy atom. The number of nitrogens with two attached hydrogens (primary N) is 1. The maximum Gasteiger partial charge on any atom is 0.226 e. The molecule has 0 unspecified atom stereocenters. The highest BCUT2D eigenvalue weighted by atomic mass is 32.1. The molecule has 2 aromatic rings. The maximum atomic E-state index is 5.64. The molecule has 0 radical (unpaired) electrons. The molecule has 102 valence electrons. The van der Waals surface area contributed by atoms with Crippen LogP contribution in [0.3, 0.4) is 0 Å². The van der Waals surface area contributed by atoms with Gasteiger partial charge in [0.25, 0.3) is 0 Å². The Hall–Kier alpha value is -2.01. The average molecular weight is 284 g/mol. The first kappa shape index (κ1) is 13.0. The summed E-state index contributed by atoms with van der Waals surface area (Å²) < 4.78 is 0. The molecule has 0 atom stereocenters. The van der Waals surface area contributed by atoms with Crippen molar-refractivity contribution in [2.45, 2.75) is 19.4 Å². The van der Waals surface area contributed by atoms with Crippen molar-refractivity contribution in [3.8, 4) is 0 Å². The number of anilines is 1. The Morgan fingerprint density at radius 3 is 2.80 bits per heavy atom. The molecule has 0 spiro atoms. The van der Waals surface area contributed by atoms with Crippen molar-refractivity contribution in [3.05, 3.63) is 53.3 Å². The van der Waals surface area contributed by atoms with Crippen molar-refractivity contribution in [2.24, 2.45) is 5.73 Å². The number of hydrogen-bond donors (Lipinski definition) is 1. The number of hydrogen-bond acceptors (Lipinski definition) is 4. The number of aromatic nitrogens is 2. The van der Waals surface area contributed by atoms with Gasteiger partial charge in [0, 0.05) is 19.3 Å². The molecule has 2 N–H and O–H groups in total. The monoisotopic (exact) mass is 284 g/mol. The minimum atomic E-state index is 0.309. The molecule has 3 rings (SSSR count). The third-order valence-corrected chi connectivity index (χ3v) is 3.74. The fourth-order valence-corrected chi connectivity index (χ4v) is 2.62. The smallest absolute Gasteiger partial charge is 0.226 e. The zero-order valence-electron chi connectivity index (χ0n) is 11.1.